The number of benzene rings is 1. The Kier molecular flexibility index (Phi) is 4.01. The Morgan fingerprint density at radius 1 is 1.33 bits per heavy atom. The summed E-state index contributed by atoms with van der Waals surface area (Å²) >= 11 is 11.8. The van der Waals surface area contributed by atoms with E-state index in [4.69, 9.17) is 33.7 Å². The van der Waals surface area contributed by atoms with Crippen molar-refractivity contribution in [2.45, 2.75) is 13.5 Å². The van der Waals surface area contributed by atoms with E-state index in [1.807, 2.05) is 0 Å². The molecule has 4 nitrogen and oxygen atoms in total. The number of rotatable bonds is 3. The topological polar surface area (TPSA) is 61.0 Å². The van der Waals surface area contributed by atoms with Gasteiger partial charge >= 0.3 is 0 Å². The molecule has 0 saturated heterocycles. The molecule has 0 aliphatic rings. The Morgan fingerprint density at radius 3 is 2.78 bits per heavy atom. The van der Waals surface area contributed by atoms with Crippen LogP contribution in [0.15, 0.2) is 24.4 Å². The van der Waals surface area contributed by atoms with Crippen LogP contribution in [0.3, 0.4) is 0 Å². The van der Waals surface area contributed by atoms with Crippen LogP contribution in [0.5, 0.6) is 11.6 Å². The Hall–Kier alpha value is -1.36. The van der Waals surface area contributed by atoms with Crippen molar-refractivity contribution in [3.8, 4) is 11.6 Å². The van der Waals surface area contributed by atoms with Crippen molar-refractivity contribution in [2.24, 2.45) is 5.73 Å². The van der Waals surface area contributed by atoms with Crippen LogP contribution in [0.4, 0.5) is 0 Å². The average molecular weight is 284 g/mol. The zero-order chi connectivity index (χ0) is 13.1. The number of ether oxygens (including phenoxy) is 1. The molecule has 2 N–H and O–H groups in total. The highest BCUT2D eigenvalue weighted by Crippen LogP contribution is 2.31. The summed E-state index contributed by atoms with van der Waals surface area (Å²) < 4.78 is 5.65. The average Bonchev–Trinajstić information content (AvgIpc) is 2.33. The standard InChI is InChI=1S/C12H11Cl2N3O/c1-7-16-6-8(5-15)12(17-7)18-11-3-2-9(13)4-10(11)14/h2-4,6H,5,15H2,1H3. The van der Waals surface area contributed by atoms with E-state index >= 15 is 0 Å². The predicted octanol–water partition coefficient (Wildman–Crippen LogP) is 3.34. The molecule has 0 bridgehead atoms. The molecule has 0 unspecified atom stereocenters. The van der Waals surface area contributed by atoms with E-state index in [1.54, 1.807) is 31.3 Å². The second-order valence-corrected chi connectivity index (χ2v) is 4.47. The fourth-order valence-electron chi connectivity index (χ4n) is 1.36. The molecular formula is C12H11Cl2N3O. The minimum Gasteiger partial charge on any atom is -0.437 e. The van der Waals surface area contributed by atoms with Crippen LogP contribution < -0.4 is 10.5 Å². The largest absolute Gasteiger partial charge is 0.437 e. The smallest absolute Gasteiger partial charge is 0.227 e. The van der Waals surface area contributed by atoms with E-state index in [1.165, 1.54) is 0 Å². The van der Waals surface area contributed by atoms with Gasteiger partial charge in [0, 0.05) is 23.3 Å². The van der Waals surface area contributed by atoms with Gasteiger partial charge in [0.15, 0.2) is 0 Å². The molecule has 0 aliphatic carbocycles. The molecule has 1 aromatic carbocycles. The summed E-state index contributed by atoms with van der Waals surface area (Å²) in [5.41, 5.74) is 6.32. The molecule has 18 heavy (non-hydrogen) atoms. The van der Waals surface area contributed by atoms with E-state index in [-0.39, 0.29) is 0 Å². The molecule has 0 aliphatic heterocycles. The summed E-state index contributed by atoms with van der Waals surface area (Å²) in [7, 11) is 0. The first-order chi connectivity index (χ1) is 8.60. The van der Waals surface area contributed by atoms with Gasteiger partial charge in [-0.15, -0.1) is 0 Å². The lowest BCUT2D eigenvalue weighted by Crippen LogP contribution is -2.03. The lowest BCUT2D eigenvalue weighted by atomic mass is 10.3. The van der Waals surface area contributed by atoms with Crippen molar-refractivity contribution in [3.05, 3.63) is 45.8 Å². The van der Waals surface area contributed by atoms with Crippen molar-refractivity contribution in [1.82, 2.24) is 9.97 Å². The highest BCUT2D eigenvalue weighted by molar-refractivity contribution is 6.35. The lowest BCUT2D eigenvalue weighted by molar-refractivity contribution is 0.453. The number of hydrogen-bond donors (Lipinski definition) is 1. The molecule has 1 heterocycles. The Labute approximate surface area is 115 Å². The molecule has 0 atom stereocenters. The van der Waals surface area contributed by atoms with Crippen molar-refractivity contribution < 1.29 is 4.74 Å². The van der Waals surface area contributed by atoms with E-state index in [0.717, 1.165) is 0 Å². The molecule has 1 aromatic heterocycles. The minimum atomic E-state index is 0.292. The third-order valence-corrected chi connectivity index (χ3v) is 2.80. The predicted molar refractivity (Wildman–Crippen MR) is 71.2 cm³/mol. The number of hydrogen-bond acceptors (Lipinski definition) is 4. The van der Waals surface area contributed by atoms with Gasteiger partial charge in [0.2, 0.25) is 5.88 Å². The van der Waals surface area contributed by atoms with Crippen LogP contribution in [0, 0.1) is 6.92 Å². The van der Waals surface area contributed by atoms with Gasteiger partial charge in [-0.25, -0.2) is 4.98 Å². The first-order valence-electron chi connectivity index (χ1n) is 5.25. The summed E-state index contributed by atoms with van der Waals surface area (Å²) in [4.78, 5) is 8.26. The zero-order valence-corrected chi connectivity index (χ0v) is 11.2. The molecule has 94 valence electrons. The van der Waals surface area contributed by atoms with Crippen molar-refractivity contribution in [3.63, 3.8) is 0 Å². The van der Waals surface area contributed by atoms with E-state index < -0.39 is 0 Å². The van der Waals surface area contributed by atoms with Gasteiger partial charge in [0.05, 0.1) is 5.02 Å². The van der Waals surface area contributed by atoms with Gasteiger partial charge in [-0.1, -0.05) is 23.2 Å². The molecule has 0 saturated carbocycles. The van der Waals surface area contributed by atoms with Gasteiger partial charge in [-0.2, -0.15) is 4.98 Å². The van der Waals surface area contributed by atoms with Crippen LogP contribution >= 0.6 is 23.2 Å². The normalized spacial score (nSPS) is 10.4. The third kappa shape index (κ3) is 2.90. The Balaban J connectivity index is 2.36. The first-order valence-corrected chi connectivity index (χ1v) is 6.01. The van der Waals surface area contributed by atoms with Crippen molar-refractivity contribution >= 4 is 23.2 Å². The number of halogens is 2. The molecule has 2 rings (SSSR count). The second-order valence-electron chi connectivity index (χ2n) is 3.63. The minimum absolute atomic E-state index is 0.292. The highest BCUT2D eigenvalue weighted by atomic mass is 35.5. The molecule has 6 heteroatoms. The maximum absolute atomic E-state index is 6.03. The summed E-state index contributed by atoms with van der Waals surface area (Å²) in [6.45, 7) is 2.07. The van der Waals surface area contributed by atoms with Crippen molar-refractivity contribution in [1.29, 1.82) is 0 Å². The summed E-state index contributed by atoms with van der Waals surface area (Å²) in [6, 6.07) is 4.98. The van der Waals surface area contributed by atoms with Gasteiger partial charge in [-0.3, -0.25) is 0 Å². The number of aromatic nitrogens is 2. The lowest BCUT2D eigenvalue weighted by Gasteiger charge is -2.10. The zero-order valence-electron chi connectivity index (χ0n) is 9.65. The number of nitrogens with two attached hydrogens (primary N) is 1. The molecule has 0 amide bonds. The first kappa shape index (κ1) is 13.1. The molecular weight excluding hydrogens is 273 g/mol. The molecule has 0 spiro atoms. The van der Waals surface area contributed by atoms with E-state index in [2.05, 4.69) is 9.97 Å². The van der Waals surface area contributed by atoms with E-state index in [9.17, 15) is 0 Å². The fourth-order valence-corrected chi connectivity index (χ4v) is 1.81. The van der Waals surface area contributed by atoms with Crippen LogP contribution in [-0.4, -0.2) is 9.97 Å². The SMILES string of the molecule is Cc1ncc(CN)c(Oc2ccc(Cl)cc2Cl)n1. The monoisotopic (exact) mass is 283 g/mol. The molecule has 2 aromatic rings. The number of aryl methyl sites for hydroxylation is 1. The van der Waals surface area contributed by atoms with Crippen molar-refractivity contribution in [2.75, 3.05) is 0 Å². The second kappa shape index (κ2) is 5.52. The van der Waals surface area contributed by atoms with Crippen LogP contribution in [0.25, 0.3) is 0 Å². The maximum Gasteiger partial charge on any atom is 0.227 e. The maximum atomic E-state index is 6.03. The van der Waals surface area contributed by atoms with E-state index in [0.29, 0.717) is 39.6 Å². The number of nitrogens with zero attached hydrogens (tertiary/aromatic N) is 2. The van der Waals surface area contributed by atoms with Gasteiger partial charge < -0.3 is 10.5 Å². The van der Waals surface area contributed by atoms with Gasteiger partial charge in [0.25, 0.3) is 0 Å². The molecule has 0 radical (unpaired) electrons. The summed E-state index contributed by atoms with van der Waals surface area (Å²) in [5, 5.41) is 0.965. The highest BCUT2D eigenvalue weighted by Gasteiger charge is 2.09. The van der Waals surface area contributed by atoms with Crippen LogP contribution in [0.1, 0.15) is 11.4 Å². The Morgan fingerprint density at radius 2 is 2.11 bits per heavy atom. The van der Waals surface area contributed by atoms with Crippen LogP contribution in [0.2, 0.25) is 10.0 Å². The Bertz CT molecular complexity index is 575. The van der Waals surface area contributed by atoms with Crippen LogP contribution in [-0.2, 0) is 6.54 Å². The summed E-state index contributed by atoms with van der Waals surface area (Å²) in [5.74, 6) is 1.50. The third-order valence-electron chi connectivity index (χ3n) is 2.27. The molecule has 0 fully saturated rings. The summed E-state index contributed by atoms with van der Waals surface area (Å²) in [6.07, 6.45) is 1.64. The van der Waals surface area contributed by atoms with Gasteiger partial charge in [-0.05, 0) is 25.1 Å². The fraction of sp³-hybridized carbons (Fsp3) is 0.167. The quantitative estimate of drug-likeness (QED) is 0.939. The van der Waals surface area contributed by atoms with Gasteiger partial charge in [0.1, 0.15) is 11.6 Å².